The van der Waals surface area contributed by atoms with Crippen LogP contribution in [-0.4, -0.2) is 25.8 Å². The minimum absolute atomic E-state index is 0.265. The molecule has 3 heteroatoms. The van der Waals surface area contributed by atoms with Gasteiger partial charge in [0.15, 0.2) is 0 Å². The number of ether oxygens (including phenoxy) is 2. The van der Waals surface area contributed by atoms with Crippen molar-refractivity contribution in [3.05, 3.63) is 35.4 Å². The van der Waals surface area contributed by atoms with E-state index in [4.69, 9.17) is 9.47 Å². The molecule has 0 aromatic heterocycles. The van der Waals surface area contributed by atoms with Gasteiger partial charge in [0.05, 0.1) is 18.8 Å². The second kappa shape index (κ2) is 7.01. The first-order chi connectivity index (χ1) is 7.77. The number of hydrogen-bond acceptors (Lipinski definition) is 3. The number of esters is 1. The van der Waals surface area contributed by atoms with E-state index in [9.17, 15) is 4.79 Å². The summed E-state index contributed by atoms with van der Waals surface area (Å²) in [7, 11) is 0. The molecule has 1 aromatic rings. The van der Waals surface area contributed by atoms with E-state index in [2.05, 4.69) is 0 Å². The highest BCUT2D eigenvalue weighted by Gasteiger charge is 2.05. The molecule has 16 heavy (non-hydrogen) atoms. The van der Waals surface area contributed by atoms with Crippen molar-refractivity contribution in [3.8, 4) is 0 Å². The van der Waals surface area contributed by atoms with Crippen LogP contribution in [0.25, 0.3) is 0 Å². The molecular weight excluding hydrogens is 204 g/mol. The average Bonchev–Trinajstić information content (AvgIpc) is 2.30. The summed E-state index contributed by atoms with van der Waals surface area (Å²) in [4.78, 5) is 11.4. The lowest BCUT2D eigenvalue weighted by Crippen LogP contribution is -2.04. The summed E-state index contributed by atoms with van der Waals surface area (Å²) in [5, 5.41) is 0. The first-order valence-electron chi connectivity index (χ1n) is 5.61. The Labute approximate surface area is 96.4 Å². The van der Waals surface area contributed by atoms with Gasteiger partial charge in [0.2, 0.25) is 0 Å². The van der Waals surface area contributed by atoms with Crippen LogP contribution < -0.4 is 0 Å². The molecule has 3 nitrogen and oxygen atoms in total. The fourth-order valence-electron chi connectivity index (χ4n) is 1.36. The summed E-state index contributed by atoms with van der Waals surface area (Å²) in [6.45, 7) is 5.64. The quantitative estimate of drug-likeness (QED) is 0.548. The Bertz CT molecular complexity index is 316. The summed E-state index contributed by atoms with van der Waals surface area (Å²) >= 11 is 0. The first-order valence-corrected chi connectivity index (χ1v) is 5.61. The highest BCUT2D eigenvalue weighted by molar-refractivity contribution is 5.89. The second-order valence-corrected chi connectivity index (χ2v) is 3.36. The maximum atomic E-state index is 11.4. The van der Waals surface area contributed by atoms with Gasteiger partial charge in [-0.2, -0.15) is 0 Å². The molecule has 0 aliphatic heterocycles. The Morgan fingerprint density at radius 2 is 1.81 bits per heavy atom. The Hall–Kier alpha value is -1.35. The van der Waals surface area contributed by atoms with Crippen LogP contribution in [0.2, 0.25) is 0 Å². The van der Waals surface area contributed by atoms with E-state index in [0.29, 0.717) is 12.2 Å². The van der Waals surface area contributed by atoms with E-state index in [1.165, 1.54) is 5.56 Å². The number of benzene rings is 1. The van der Waals surface area contributed by atoms with Gasteiger partial charge in [-0.25, -0.2) is 4.79 Å². The van der Waals surface area contributed by atoms with Crippen LogP contribution in [0.1, 0.15) is 29.8 Å². The fraction of sp³-hybridized carbons (Fsp3) is 0.462. The molecule has 0 aliphatic carbocycles. The normalized spacial score (nSPS) is 10.1. The number of carbonyl (C=O) groups excluding carboxylic acids is 1. The van der Waals surface area contributed by atoms with Gasteiger partial charge in [0, 0.05) is 6.61 Å². The molecule has 0 saturated heterocycles. The van der Waals surface area contributed by atoms with Crippen molar-refractivity contribution in [2.24, 2.45) is 0 Å². The molecule has 1 rings (SSSR count). The van der Waals surface area contributed by atoms with E-state index < -0.39 is 0 Å². The van der Waals surface area contributed by atoms with Crippen molar-refractivity contribution < 1.29 is 14.3 Å². The van der Waals surface area contributed by atoms with Crippen LogP contribution >= 0.6 is 0 Å². The molecular formula is C13H18O3. The molecule has 0 saturated carbocycles. The van der Waals surface area contributed by atoms with Gasteiger partial charge in [0.1, 0.15) is 0 Å². The van der Waals surface area contributed by atoms with E-state index >= 15 is 0 Å². The first kappa shape index (κ1) is 12.7. The van der Waals surface area contributed by atoms with Crippen LogP contribution in [0.5, 0.6) is 0 Å². The predicted molar refractivity (Wildman–Crippen MR) is 62.6 cm³/mol. The summed E-state index contributed by atoms with van der Waals surface area (Å²) in [6.07, 6.45) is 0.872. The largest absolute Gasteiger partial charge is 0.462 e. The molecule has 88 valence electrons. The van der Waals surface area contributed by atoms with Crippen LogP contribution in [0.3, 0.4) is 0 Å². The monoisotopic (exact) mass is 222 g/mol. The van der Waals surface area contributed by atoms with E-state index in [1.54, 1.807) is 19.1 Å². The van der Waals surface area contributed by atoms with Gasteiger partial charge in [-0.3, -0.25) is 0 Å². The zero-order valence-electron chi connectivity index (χ0n) is 9.86. The van der Waals surface area contributed by atoms with Crippen molar-refractivity contribution in [1.29, 1.82) is 0 Å². The predicted octanol–water partition coefficient (Wildman–Crippen LogP) is 2.44. The highest BCUT2D eigenvalue weighted by atomic mass is 16.5. The molecule has 0 amide bonds. The third kappa shape index (κ3) is 4.03. The number of rotatable bonds is 6. The number of hydrogen-bond donors (Lipinski definition) is 0. The molecule has 0 fully saturated rings. The topological polar surface area (TPSA) is 35.5 Å². The van der Waals surface area contributed by atoms with Crippen molar-refractivity contribution in [2.75, 3.05) is 19.8 Å². The maximum absolute atomic E-state index is 11.4. The van der Waals surface area contributed by atoms with Gasteiger partial charge in [-0.1, -0.05) is 12.1 Å². The molecule has 0 radical (unpaired) electrons. The van der Waals surface area contributed by atoms with E-state index in [0.717, 1.165) is 19.6 Å². The summed E-state index contributed by atoms with van der Waals surface area (Å²) in [5.41, 5.74) is 1.77. The van der Waals surface area contributed by atoms with E-state index in [1.807, 2.05) is 19.1 Å². The third-order valence-corrected chi connectivity index (χ3v) is 2.20. The van der Waals surface area contributed by atoms with Crippen LogP contribution in [-0.2, 0) is 15.9 Å². The van der Waals surface area contributed by atoms with Gasteiger partial charge in [0.25, 0.3) is 0 Å². The highest BCUT2D eigenvalue weighted by Crippen LogP contribution is 2.06. The van der Waals surface area contributed by atoms with Gasteiger partial charge in [-0.05, 0) is 38.0 Å². The molecule has 0 atom stereocenters. The van der Waals surface area contributed by atoms with Crippen LogP contribution in [0.15, 0.2) is 24.3 Å². The van der Waals surface area contributed by atoms with Crippen LogP contribution in [0.4, 0.5) is 0 Å². The Balaban J connectivity index is 2.50. The lowest BCUT2D eigenvalue weighted by molar-refractivity contribution is 0.0526. The zero-order chi connectivity index (χ0) is 11.8. The van der Waals surface area contributed by atoms with E-state index in [-0.39, 0.29) is 5.97 Å². The van der Waals surface area contributed by atoms with Gasteiger partial charge in [-0.15, -0.1) is 0 Å². The fourth-order valence-corrected chi connectivity index (χ4v) is 1.36. The van der Waals surface area contributed by atoms with Crippen molar-refractivity contribution >= 4 is 5.97 Å². The average molecular weight is 222 g/mol. The van der Waals surface area contributed by atoms with Gasteiger partial charge < -0.3 is 9.47 Å². The molecule has 0 bridgehead atoms. The van der Waals surface area contributed by atoms with Crippen LogP contribution in [0, 0.1) is 0 Å². The van der Waals surface area contributed by atoms with Crippen molar-refractivity contribution in [2.45, 2.75) is 20.3 Å². The molecule has 0 spiro atoms. The summed E-state index contributed by atoms with van der Waals surface area (Å²) < 4.78 is 10.2. The molecule has 0 heterocycles. The zero-order valence-corrected chi connectivity index (χ0v) is 9.86. The summed E-state index contributed by atoms with van der Waals surface area (Å²) in [6, 6.07) is 7.45. The molecule has 0 unspecified atom stereocenters. The molecule has 1 aromatic carbocycles. The summed E-state index contributed by atoms with van der Waals surface area (Å²) in [5.74, 6) is -0.265. The Morgan fingerprint density at radius 1 is 1.12 bits per heavy atom. The SMILES string of the molecule is CCOCCc1ccc(C(=O)OCC)cc1. The Morgan fingerprint density at radius 3 is 2.38 bits per heavy atom. The standard InChI is InChI=1S/C13H18O3/c1-3-15-10-9-11-5-7-12(8-6-11)13(14)16-4-2/h5-8H,3-4,9-10H2,1-2H3. The number of carbonyl (C=O) groups is 1. The van der Waals surface area contributed by atoms with Crippen molar-refractivity contribution in [1.82, 2.24) is 0 Å². The maximum Gasteiger partial charge on any atom is 0.338 e. The lowest BCUT2D eigenvalue weighted by Gasteiger charge is -2.04. The van der Waals surface area contributed by atoms with Crippen molar-refractivity contribution in [3.63, 3.8) is 0 Å². The lowest BCUT2D eigenvalue weighted by atomic mass is 10.1. The molecule has 0 N–H and O–H groups in total. The Kier molecular flexibility index (Phi) is 5.57. The minimum Gasteiger partial charge on any atom is -0.462 e. The minimum atomic E-state index is -0.265. The second-order valence-electron chi connectivity index (χ2n) is 3.36. The molecule has 0 aliphatic rings. The third-order valence-electron chi connectivity index (χ3n) is 2.20. The smallest absolute Gasteiger partial charge is 0.338 e. The van der Waals surface area contributed by atoms with Gasteiger partial charge >= 0.3 is 5.97 Å².